The number of thioether (sulfide) groups is 1. The van der Waals surface area contributed by atoms with E-state index in [1.54, 1.807) is 60.7 Å². The van der Waals surface area contributed by atoms with Gasteiger partial charge in [-0.1, -0.05) is 66.4 Å². The van der Waals surface area contributed by atoms with Gasteiger partial charge in [0.1, 0.15) is 34.8 Å². The normalized spacial score (nSPS) is 17.4. The van der Waals surface area contributed by atoms with Crippen LogP contribution in [0, 0.1) is 23.0 Å². The fraction of sp³-hybridized carbons (Fsp3) is 0.103. The van der Waals surface area contributed by atoms with Crippen LogP contribution in [0.4, 0.5) is 20.3 Å². The lowest BCUT2D eigenvalue weighted by Crippen LogP contribution is -2.49. The number of nitrogens with zero attached hydrogens (tertiary/aromatic N) is 3. The van der Waals surface area contributed by atoms with Gasteiger partial charge < -0.3 is 20.9 Å². The second kappa shape index (κ2) is 9.66. The smallest absolute Gasteiger partial charge is 0.258 e. The van der Waals surface area contributed by atoms with Gasteiger partial charge in [-0.15, -0.1) is 0 Å². The zero-order valence-electron chi connectivity index (χ0n) is 20.7. The number of hydrogen-bond acceptors (Lipinski definition) is 7. The Labute approximate surface area is 231 Å². The molecule has 2 aliphatic rings. The zero-order valence-corrected chi connectivity index (χ0v) is 21.6. The van der Waals surface area contributed by atoms with E-state index < -0.39 is 22.7 Å². The number of carbonyl (C=O) groups is 1. The van der Waals surface area contributed by atoms with Crippen LogP contribution in [-0.4, -0.2) is 15.9 Å². The molecule has 1 amide bonds. The van der Waals surface area contributed by atoms with Crippen LogP contribution in [0.2, 0.25) is 0 Å². The van der Waals surface area contributed by atoms with Crippen LogP contribution in [0.25, 0.3) is 0 Å². The number of carbonyl (C=O) groups excluding carboxylic acids is 1. The molecule has 4 aromatic rings. The number of aromatic amines is 1. The molecule has 0 radical (unpaired) electrons. The van der Waals surface area contributed by atoms with E-state index in [2.05, 4.69) is 15.3 Å². The van der Waals surface area contributed by atoms with Crippen LogP contribution in [0.15, 0.2) is 94.1 Å². The molecule has 4 N–H and O–H groups in total. The molecule has 8 nitrogen and oxygen atoms in total. The highest BCUT2D eigenvalue weighted by Gasteiger charge is 2.60. The van der Waals surface area contributed by atoms with Gasteiger partial charge in [0.2, 0.25) is 5.91 Å². The number of para-hydroxylation sites is 1. The van der Waals surface area contributed by atoms with Crippen molar-refractivity contribution in [3.05, 3.63) is 128 Å². The Balaban J connectivity index is 1.50. The van der Waals surface area contributed by atoms with Crippen LogP contribution in [0.5, 0.6) is 0 Å². The van der Waals surface area contributed by atoms with Crippen molar-refractivity contribution in [2.75, 3.05) is 10.2 Å². The zero-order chi connectivity index (χ0) is 28.0. The van der Waals surface area contributed by atoms with Crippen molar-refractivity contribution in [1.29, 1.82) is 5.26 Å². The first-order valence-corrected chi connectivity index (χ1v) is 13.2. The second-order valence-electron chi connectivity index (χ2n) is 9.25. The van der Waals surface area contributed by atoms with Gasteiger partial charge in [-0.2, -0.15) is 5.26 Å². The Morgan fingerprint density at radius 1 is 0.975 bits per heavy atom. The number of fused-ring (bicyclic) bond motifs is 4. The van der Waals surface area contributed by atoms with Crippen LogP contribution >= 0.6 is 11.8 Å². The summed E-state index contributed by atoms with van der Waals surface area (Å²) in [5.74, 6) is -1.45. The molecule has 40 heavy (non-hydrogen) atoms. The molecular formula is C29H20F2N6O2S. The Bertz CT molecular complexity index is 1830. The Morgan fingerprint density at radius 3 is 2.33 bits per heavy atom. The van der Waals surface area contributed by atoms with Gasteiger partial charge in [0.25, 0.3) is 5.56 Å². The van der Waals surface area contributed by atoms with E-state index in [-0.39, 0.29) is 51.6 Å². The molecule has 3 heterocycles. The van der Waals surface area contributed by atoms with E-state index in [1.807, 2.05) is 6.07 Å². The summed E-state index contributed by atoms with van der Waals surface area (Å²) in [6.45, 7) is -0.131. The molecule has 2 aliphatic heterocycles. The van der Waals surface area contributed by atoms with E-state index >= 15 is 0 Å². The van der Waals surface area contributed by atoms with Crippen LogP contribution in [-0.2, 0) is 22.5 Å². The van der Waals surface area contributed by atoms with Crippen LogP contribution < -0.4 is 21.5 Å². The van der Waals surface area contributed by atoms with E-state index in [9.17, 15) is 23.6 Å². The number of halogens is 2. The third-order valence-electron chi connectivity index (χ3n) is 7.06. The highest BCUT2D eigenvalue weighted by Crippen LogP contribution is 2.53. The first-order chi connectivity index (χ1) is 19.4. The van der Waals surface area contributed by atoms with Gasteiger partial charge >= 0.3 is 0 Å². The maximum absolute atomic E-state index is 14.6. The number of H-pyrrole nitrogens is 1. The van der Waals surface area contributed by atoms with Gasteiger partial charge in [0, 0.05) is 22.6 Å². The number of benzene rings is 3. The molecule has 0 aliphatic carbocycles. The maximum Gasteiger partial charge on any atom is 0.258 e. The van der Waals surface area contributed by atoms with E-state index in [0.29, 0.717) is 16.8 Å². The topological polar surface area (TPSA) is 128 Å². The largest absolute Gasteiger partial charge is 0.384 e. The standard InChI is InChI=1S/C29H20F2N6O2S/c30-20-10-4-1-7-16(20)14-37-22-12-6-3-9-18(22)29(27(37)39)19(13-32)24(33)34-25-23(29)26(38)36-28(35-25)40-15-17-8-2-5-11-21(17)31/h1-12H,14-15,33H2,(H2,34,35,36,38). The second-order valence-corrected chi connectivity index (χ2v) is 10.2. The SMILES string of the molecule is N#CC1=C(N)Nc2nc(SCc3ccccc3F)[nH]c(=O)c2C12C(=O)N(Cc1ccccc1F)c1ccccc12. The van der Waals surface area contributed by atoms with Crippen molar-refractivity contribution < 1.29 is 13.6 Å². The van der Waals surface area contributed by atoms with Gasteiger partial charge in [-0.3, -0.25) is 9.59 Å². The van der Waals surface area contributed by atoms with Crippen molar-refractivity contribution >= 4 is 29.2 Å². The average Bonchev–Trinajstić information content (AvgIpc) is 3.17. The maximum atomic E-state index is 14.6. The molecule has 198 valence electrons. The fourth-order valence-electron chi connectivity index (χ4n) is 5.27. The number of rotatable bonds is 5. The number of nitriles is 1. The monoisotopic (exact) mass is 554 g/mol. The van der Waals surface area contributed by atoms with Gasteiger partial charge in [0.05, 0.1) is 17.7 Å². The molecule has 1 unspecified atom stereocenters. The highest BCUT2D eigenvalue weighted by atomic mass is 32.2. The molecule has 0 saturated carbocycles. The number of anilines is 2. The summed E-state index contributed by atoms with van der Waals surface area (Å²) < 4.78 is 28.8. The molecule has 0 saturated heterocycles. The fourth-order valence-corrected chi connectivity index (χ4v) is 6.12. The quantitative estimate of drug-likeness (QED) is 0.248. The summed E-state index contributed by atoms with van der Waals surface area (Å²) in [4.78, 5) is 36.7. The van der Waals surface area contributed by atoms with Crippen molar-refractivity contribution in [1.82, 2.24) is 9.97 Å². The number of hydrogen-bond donors (Lipinski definition) is 3. The molecular weight excluding hydrogens is 534 g/mol. The first kappa shape index (κ1) is 25.3. The van der Waals surface area contributed by atoms with Gasteiger partial charge in [-0.25, -0.2) is 13.8 Å². The Morgan fingerprint density at radius 2 is 1.62 bits per heavy atom. The predicted octanol–water partition coefficient (Wildman–Crippen LogP) is 4.29. The van der Waals surface area contributed by atoms with Crippen molar-refractivity contribution in [3.8, 4) is 6.07 Å². The van der Waals surface area contributed by atoms with Crippen molar-refractivity contribution in [2.45, 2.75) is 22.9 Å². The van der Waals surface area contributed by atoms with Crippen LogP contribution in [0.3, 0.4) is 0 Å². The summed E-state index contributed by atoms with van der Waals surface area (Å²) in [5.41, 5.74) is 4.93. The first-order valence-electron chi connectivity index (χ1n) is 12.2. The summed E-state index contributed by atoms with van der Waals surface area (Å²) in [5, 5.41) is 13.2. The molecule has 0 bridgehead atoms. The molecule has 3 aromatic carbocycles. The minimum Gasteiger partial charge on any atom is -0.384 e. The molecule has 1 spiro atoms. The minimum absolute atomic E-state index is 0.00665. The minimum atomic E-state index is -1.91. The number of aromatic nitrogens is 2. The summed E-state index contributed by atoms with van der Waals surface area (Å²) in [6, 6.07) is 21.1. The summed E-state index contributed by atoms with van der Waals surface area (Å²) in [7, 11) is 0. The van der Waals surface area contributed by atoms with Gasteiger partial charge in [0.15, 0.2) is 5.16 Å². The Hall–Kier alpha value is -4.95. The predicted molar refractivity (Wildman–Crippen MR) is 146 cm³/mol. The van der Waals surface area contributed by atoms with E-state index in [4.69, 9.17) is 5.73 Å². The lowest BCUT2D eigenvalue weighted by Gasteiger charge is -2.34. The van der Waals surface area contributed by atoms with Crippen molar-refractivity contribution in [2.24, 2.45) is 5.73 Å². The third kappa shape index (κ3) is 3.76. The molecule has 0 fully saturated rings. The molecule has 11 heteroatoms. The van der Waals surface area contributed by atoms with Crippen LogP contribution in [0.1, 0.15) is 22.3 Å². The summed E-state index contributed by atoms with van der Waals surface area (Å²) >= 11 is 1.10. The van der Waals surface area contributed by atoms with E-state index in [0.717, 1.165) is 11.8 Å². The number of nitrogens with one attached hydrogen (secondary N) is 2. The average molecular weight is 555 g/mol. The molecule has 1 aromatic heterocycles. The van der Waals surface area contributed by atoms with E-state index in [1.165, 1.54) is 17.0 Å². The lowest BCUT2D eigenvalue weighted by atomic mass is 9.69. The van der Waals surface area contributed by atoms with Crippen molar-refractivity contribution in [3.63, 3.8) is 0 Å². The highest BCUT2D eigenvalue weighted by molar-refractivity contribution is 7.98. The number of nitrogens with two attached hydrogens (primary N) is 1. The Kier molecular flexibility index (Phi) is 6.12. The molecule has 1 atom stereocenters. The lowest BCUT2D eigenvalue weighted by molar-refractivity contribution is -0.120. The molecule has 6 rings (SSSR count). The summed E-state index contributed by atoms with van der Waals surface area (Å²) in [6.07, 6.45) is 0. The third-order valence-corrected chi connectivity index (χ3v) is 7.98. The van der Waals surface area contributed by atoms with Gasteiger partial charge in [-0.05, 0) is 23.8 Å². The number of amides is 1.